The summed E-state index contributed by atoms with van der Waals surface area (Å²) in [5.74, 6) is 0. The monoisotopic (exact) mass is 529 g/mol. The van der Waals surface area contributed by atoms with Gasteiger partial charge in [-0.2, -0.15) is 0 Å². The van der Waals surface area contributed by atoms with Crippen molar-refractivity contribution in [2.75, 3.05) is 26.3 Å². The Morgan fingerprint density at radius 3 is 2.65 bits per heavy atom. The largest absolute Gasteiger partial charge is 0.506 e. The Bertz CT molecular complexity index is 1300. The third kappa shape index (κ3) is 4.60. The molecule has 1 fully saturated rings. The summed E-state index contributed by atoms with van der Waals surface area (Å²) < 4.78 is 12.9. The van der Waals surface area contributed by atoms with Gasteiger partial charge in [-0.1, -0.05) is 29.8 Å². The van der Waals surface area contributed by atoms with Gasteiger partial charge in [-0.3, -0.25) is 9.69 Å². The first kappa shape index (κ1) is 24.4. The van der Waals surface area contributed by atoms with Crippen LogP contribution < -0.4 is 5.56 Å². The molecule has 2 aliphatic heterocycles. The molecule has 9 heteroatoms. The number of nitrogens with zero attached hydrogens (tertiary/aromatic N) is 3. The maximum absolute atomic E-state index is 13.2. The number of aryl methyl sites for hydroxylation is 1. The normalized spacial score (nSPS) is 14.8. The number of hydrogen-bond acceptors (Lipinski definition) is 6. The highest BCUT2D eigenvalue weighted by Gasteiger charge is 2.28. The van der Waals surface area contributed by atoms with Gasteiger partial charge in [0.2, 0.25) is 0 Å². The Labute approximate surface area is 206 Å². The lowest BCUT2D eigenvalue weighted by atomic mass is 9.99. The highest BCUT2D eigenvalue weighted by Crippen LogP contribution is 2.37. The smallest absolute Gasteiger partial charge is 0.450 e. The summed E-state index contributed by atoms with van der Waals surface area (Å²) >= 11 is 3.58. The maximum atomic E-state index is 13.2. The van der Waals surface area contributed by atoms with Gasteiger partial charge in [0.15, 0.2) is 0 Å². The number of carboxylic acid groups (broad SMARTS) is 1. The van der Waals surface area contributed by atoms with Crippen molar-refractivity contribution in [3.8, 4) is 11.4 Å². The first-order chi connectivity index (χ1) is 16.4. The summed E-state index contributed by atoms with van der Waals surface area (Å²) in [6.45, 7) is 9.82. The van der Waals surface area contributed by atoms with Crippen LogP contribution in [-0.4, -0.2) is 52.0 Å². The number of benzene rings is 1. The lowest BCUT2D eigenvalue weighted by Gasteiger charge is -2.28. The predicted octanol–water partition coefficient (Wildman–Crippen LogP) is 4.55. The van der Waals surface area contributed by atoms with Crippen LogP contribution in [0, 0.1) is 6.92 Å². The fourth-order valence-corrected chi connectivity index (χ4v) is 4.88. The minimum Gasteiger partial charge on any atom is -0.450 e. The van der Waals surface area contributed by atoms with Crippen LogP contribution in [0.1, 0.15) is 36.1 Å². The number of halogens is 1. The number of rotatable bonds is 4. The molecule has 8 nitrogen and oxygen atoms in total. The van der Waals surface area contributed by atoms with Crippen LogP contribution in [0.25, 0.3) is 22.3 Å². The van der Waals surface area contributed by atoms with E-state index in [-0.39, 0.29) is 12.2 Å². The van der Waals surface area contributed by atoms with Crippen LogP contribution in [0.4, 0.5) is 4.79 Å². The molecule has 0 spiro atoms. The third-order valence-corrected chi connectivity index (χ3v) is 6.67. The van der Waals surface area contributed by atoms with Gasteiger partial charge in [-0.25, -0.2) is 9.78 Å². The van der Waals surface area contributed by atoms with Crippen LogP contribution >= 0.6 is 15.9 Å². The first-order valence-corrected chi connectivity index (χ1v) is 12.2. The highest BCUT2D eigenvalue weighted by atomic mass is 79.9. The Balaban J connectivity index is 0.00000133. The van der Waals surface area contributed by atoms with Crippen molar-refractivity contribution in [3.05, 3.63) is 61.3 Å². The van der Waals surface area contributed by atoms with Gasteiger partial charge in [0.05, 0.1) is 42.2 Å². The Kier molecular flexibility index (Phi) is 7.35. The summed E-state index contributed by atoms with van der Waals surface area (Å²) in [7, 11) is 0. The van der Waals surface area contributed by atoms with E-state index in [9.17, 15) is 9.59 Å². The molecule has 34 heavy (non-hydrogen) atoms. The third-order valence-electron chi connectivity index (χ3n) is 6.17. The molecule has 1 saturated heterocycles. The van der Waals surface area contributed by atoms with Crippen molar-refractivity contribution < 1.29 is 19.4 Å². The molecule has 0 amide bonds. The van der Waals surface area contributed by atoms with E-state index in [1.165, 1.54) is 0 Å². The Morgan fingerprint density at radius 2 is 1.94 bits per heavy atom. The van der Waals surface area contributed by atoms with Crippen molar-refractivity contribution in [1.82, 2.24) is 14.5 Å². The van der Waals surface area contributed by atoms with Crippen molar-refractivity contribution >= 4 is 33.0 Å². The van der Waals surface area contributed by atoms with Crippen molar-refractivity contribution in [2.45, 2.75) is 40.5 Å². The lowest BCUT2D eigenvalue weighted by Crippen LogP contribution is -2.36. The number of aromatic nitrogens is 2. The molecule has 1 aromatic carbocycles. The van der Waals surface area contributed by atoms with Crippen LogP contribution in [0.15, 0.2) is 33.5 Å². The van der Waals surface area contributed by atoms with E-state index in [2.05, 4.69) is 26.9 Å². The van der Waals surface area contributed by atoms with Gasteiger partial charge < -0.3 is 19.1 Å². The lowest BCUT2D eigenvalue weighted by molar-refractivity contribution is 0.0342. The molecule has 2 aliphatic rings. The number of fused-ring (bicyclic) bond motifs is 4. The molecule has 1 N–H and O–H groups in total. The topological polar surface area (TPSA) is 93.9 Å². The van der Waals surface area contributed by atoms with E-state index in [0.717, 1.165) is 57.5 Å². The second kappa shape index (κ2) is 10.2. The second-order valence-electron chi connectivity index (χ2n) is 8.10. The zero-order valence-corrected chi connectivity index (χ0v) is 21.1. The average Bonchev–Trinajstić information content (AvgIpc) is 3.19. The maximum Gasteiger partial charge on any atom is 0.506 e. The highest BCUT2D eigenvalue weighted by molar-refractivity contribution is 9.10. The minimum absolute atomic E-state index is 0.234. The number of morpholine rings is 1. The second-order valence-corrected chi connectivity index (χ2v) is 9.02. The Hall–Kier alpha value is -2.75. The van der Waals surface area contributed by atoms with Gasteiger partial charge in [-0.05, 0) is 42.3 Å². The molecule has 2 aromatic heterocycles. The number of ether oxygens (including phenoxy) is 2. The summed E-state index contributed by atoms with van der Waals surface area (Å²) in [6, 6.07) is 7.95. The molecule has 180 valence electrons. The molecule has 3 aromatic rings. The van der Waals surface area contributed by atoms with Gasteiger partial charge in [-0.15, -0.1) is 0 Å². The van der Waals surface area contributed by atoms with Gasteiger partial charge >= 0.3 is 6.16 Å². The summed E-state index contributed by atoms with van der Waals surface area (Å²) in [5, 5.41) is 9.92. The standard InChI is InChI=1S/C23H22BrN3O5.C2H6/c1-13-8-20-21-17(11-27(20)22(28)18(13)12-32-23(29)30)16(10-26-4-6-31-7-5-26)15-9-14(24)2-3-19(15)25-21;1-2/h2-3,8-9H,4-7,10-12H2,1H3,(H,29,30);1-2H3. The van der Waals surface area contributed by atoms with Crippen molar-refractivity contribution in [3.63, 3.8) is 0 Å². The van der Waals surface area contributed by atoms with Crippen LogP contribution in [0.5, 0.6) is 0 Å². The molecule has 0 unspecified atom stereocenters. The van der Waals surface area contributed by atoms with Gasteiger partial charge in [0, 0.05) is 35.1 Å². The van der Waals surface area contributed by atoms with Crippen LogP contribution in [0.2, 0.25) is 0 Å². The quantitative estimate of drug-likeness (QED) is 0.387. The van der Waals surface area contributed by atoms with Gasteiger partial charge in [0.1, 0.15) is 6.61 Å². The Morgan fingerprint density at radius 1 is 1.21 bits per heavy atom. The molecular formula is C25H28BrN3O5. The summed E-state index contributed by atoms with van der Waals surface area (Å²) in [4.78, 5) is 31.4. The molecule has 0 saturated carbocycles. The van der Waals surface area contributed by atoms with E-state index >= 15 is 0 Å². The van der Waals surface area contributed by atoms with Crippen molar-refractivity contribution in [2.24, 2.45) is 0 Å². The first-order valence-electron chi connectivity index (χ1n) is 11.4. The molecule has 5 rings (SSSR count). The minimum atomic E-state index is -1.40. The fourth-order valence-electron chi connectivity index (χ4n) is 4.52. The zero-order chi connectivity index (χ0) is 24.4. The van der Waals surface area contributed by atoms with Gasteiger partial charge in [0.25, 0.3) is 5.56 Å². The fraction of sp³-hybridized carbons (Fsp3) is 0.400. The van der Waals surface area contributed by atoms with Crippen LogP contribution in [-0.2, 0) is 29.2 Å². The van der Waals surface area contributed by atoms with E-state index in [1.54, 1.807) is 11.5 Å². The number of carbonyl (C=O) groups is 1. The zero-order valence-electron chi connectivity index (χ0n) is 19.6. The molecule has 0 radical (unpaired) electrons. The predicted molar refractivity (Wildman–Crippen MR) is 133 cm³/mol. The molecule has 0 aliphatic carbocycles. The number of hydrogen-bond donors (Lipinski definition) is 1. The molecule has 0 bridgehead atoms. The van der Waals surface area contributed by atoms with E-state index < -0.39 is 6.16 Å². The van der Waals surface area contributed by atoms with Crippen LogP contribution in [0.3, 0.4) is 0 Å². The summed E-state index contributed by atoms with van der Waals surface area (Å²) in [5.41, 5.74) is 5.47. The van der Waals surface area contributed by atoms with E-state index in [4.69, 9.17) is 19.6 Å². The van der Waals surface area contributed by atoms with Crippen molar-refractivity contribution in [1.29, 1.82) is 0 Å². The van der Waals surface area contributed by atoms with E-state index in [0.29, 0.717) is 30.9 Å². The summed E-state index contributed by atoms with van der Waals surface area (Å²) in [6.07, 6.45) is -1.40. The number of pyridine rings is 2. The van der Waals surface area contributed by atoms with E-state index in [1.807, 2.05) is 32.0 Å². The molecule has 0 atom stereocenters. The molecule has 4 heterocycles. The average molecular weight is 530 g/mol. The molecular weight excluding hydrogens is 502 g/mol. The SMILES string of the molecule is CC.Cc1cc2n(c(=O)c1COC(=O)O)Cc1c-2nc2ccc(Br)cc2c1CN1CCOCC1.